The third-order valence-electron chi connectivity index (χ3n) is 2.62. The summed E-state index contributed by atoms with van der Waals surface area (Å²) in [4.78, 5) is 35.1. The average Bonchev–Trinajstić information content (AvgIpc) is 2.38. The number of urea groups is 1. The Morgan fingerprint density at radius 2 is 2.05 bits per heavy atom. The molecule has 0 aliphatic carbocycles. The van der Waals surface area contributed by atoms with Gasteiger partial charge >= 0.3 is 12.0 Å². The Morgan fingerprint density at radius 1 is 1.40 bits per heavy atom. The number of nitrogens with one attached hydrogen (secondary N) is 1. The van der Waals surface area contributed by atoms with Crippen molar-refractivity contribution in [1.29, 1.82) is 0 Å². The van der Waals surface area contributed by atoms with Crippen LogP contribution >= 0.6 is 0 Å². The number of carbonyl (C=O) groups excluding carboxylic acids is 2. The summed E-state index contributed by atoms with van der Waals surface area (Å²) in [7, 11) is 1.45. The zero-order valence-corrected chi connectivity index (χ0v) is 11.9. The van der Waals surface area contributed by atoms with Crippen LogP contribution in [-0.4, -0.2) is 60.8 Å². The number of nitrogens with two attached hydrogens (primary N) is 1. The van der Waals surface area contributed by atoms with E-state index in [4.69, 9.17) is 15.6 Å². The van der Waals surface area contributed by atoms with E-state index in [1.165, 1.54) is 12.0 Å². The van der Waals surface area contributed by atoms with E-state index in [1.807, 2.05) is 6.92 Å². The van der Waals surface area contributed by atoms with E-state index in [2.05, 4.69) is 5.32 Å². The van der Waals surface area contributed by atoms with Crippen LogP contribution in [0.3, 0.4) is 0 Å². The molecule has 4 N–H and O–H groups in total. The summed E-state index contributed by atoms with van der Waals surface area (Å²) in [5, 5.41) is 11.4. The van der Waals surface area contributed by atoms with Crippen LogP contribution in [0.5, 0.6) is 0 Å². The van der Waals surface area contributed by atoms with Gasteiger partial charge in [0.2, 0.25) is 5.91 Å². The number of carboxylic acids is 1. The molecule has 116 valence electrons. The fraction of sp³-hybridized carbons (Fsp3) is 0.750. The highest BCUT2D eigenvalue weighted by Crippen LogP contribution is 1.99. The molecule has 0 aliphatic heterocycles. The molecule has 0 bridgehead atoms. The van der Waals surface area contributed by atoms with E-state index in [-0.39, 0.29) is 19.6 Å². The van der Waals surface area contributed by atoms with Crippen molar-refractivity contribution >= 4 is 17.9 Å². The first-order chi connectivity index (χ1) is 9.42. The number of hydrogen-bond acceptors (Lipinski definition) is 4. The number of primary amides is 1. The summed E-state index contributed by atoms with van der Waals surface area (Å²) in [6, 6.07) is -1.67. The SMILES string of the molecule is CCCCN(CC(N)=O)C(=O)NC(CCOC)C(=O)O. The molecule has 0 aliphatic rings. The predicted molar refractivity (Wildman–Crippen MR) is 72.1 cm³/mol. The maximum atomic E-state index is 12.0. The molecule has 0 radical (unpaired) electrons. The second-order valence-electron chi connectivity index (χ2n) is 4.36. The van der Waals surface area contributed by atoms with Gasteiger partial charge in [-0.15, -0.1) is 0 Å². The molecule has 8 nitrogen and oxygen atoms in total. The third kappa shape index (κ3) is 7.57. The van der Waals surface area contributed by atoms with E-state index in [0.717, 1.165) is 6.42 Å². The number of ether oxygens (including phenoxy) is 1. The summed E-state index contributed by atoms with van der Waals surface area (Å²) in [6.45, 7) is 2.27. The van der Waals surface area contributed by atoms with Crippen LogP contribution < -0.4 is 11.1 Å². The minimum absolute atomic E-state index is 0.149. The second kappa shape index (κ2) is 10.0. The predicted octanol–water partition coefficient (Wildman–Crippen LogP) is -0.227. The number of carboxylic acid groups (broad SMARTS) is 1. The Balaban J connectivity index is 4.59. The minimum Gasteiger partial charge on any atom is -0.480 e. The van der Waals surface area contributed by atoms with Crippen molar-refractivity contribution in [3.8, 4) is 0 Å². The zero-order chi connectivity index (χ0) is 15.5. The highest BCUT2D eigenvalue weighted by atomic mass is 16.5. The quantitative estimate of drug-likeness (QED) is 0.513. The number of aliphatic carboxylic acids is 1. The minimum atomic E-state index is -1.15. The Hall–Kier alpha value is -1.83. The summed E-state index contributed by atoms with van der Waals surface area (Å²) in [6.07, 6.45) is 1.70. The summed E-state index contributed by atoms with van der Waals surface area (Å²) < 4.78 is 4.79. The average molecular weight is 289 g/mol. The van der Waals surface area contributed by atoms with Gasteiger partial charge in [-0.3, -0.25) is 4.79 Å². The molecule has 0 aromatic carbocycles. The van der Waals surface area contributed by atoms with Gasteiger partial charge in [-0.1, -0.05) is 13.3 Å². The lowest BCUT2D eigenvalue weighted by Crippen LogP contribution is -2.50. The Morgan fingerprint density at radius 3 is 2.50 bits per heavy atom. The molecule has 20 heavy (non-hydrogen) atoms. The number of nitrogens with zero attached hydrogens (tertiary/aromatic N) is 1. The lowest BCUT2D eigenvalue weighted by molar-refractivity contribution is -0.139. The van der Waals surface area contributed by atoms with Gasteiger partial charge in [0.1, 0.15) is 12.6 Å². The molecule has 0 saturated heterocycles. The van der Waals surface area contributed by atoms with Gasteiger partial charge in [0, 0.05) is 26.7 Å². The maximum absolute atomic E-state index is 12.0. The molecule has 0 fully saturated rings. The highest BCUT2D eigenvalue weighted by Gasteiger charge is 2.23. The largest absolute Gasteiger partial charge is 0.480 e. The van der Waals surface area contributed by atoms with Gasteiger partial charge < -0.3 is 25.8 Å². The van der Waals surface area contributed by atoms with Crippen LogP contribution in [0.1, 0.15) is 26.2 Å². The van der Waals surface area contributed by atoms with Crippen LogP contribution in [0.15, 0.2) is 0 Å². The molecule has 8 heteroatoms. The van der Waals surface area contributed by atoms with Gasteiger partial charge in [0.05, 0.1) is 0 Å². The molecule has 0 rings (SSSR count). The molecule has 0 heterocycles. The molecule has 1 unspecified atom stereocenters. The number of unbranched alkanes of at least 4 members (excludes halogenated alkanes) is 1. The fourth-order valence-corrected chi connectivity index (χ4v) is 1.52. The van der Waals surface area contributed by atoms with Crippen LogP contribution in [0.25, 0.3) is 0 Å². The van der Waals surface area contributed by atoms with Gasteiger partial charge in [0.25, 0.3) is 0 Å². The summed E-state index contributed by atoms with van der Waals surface area (Å²) in [5.74, 6) is -1.79. The number of hydrogen-bond donors (Lipinski definition) is 3. The van der Waals surface area contributed by atoms with Crippen LogP contribution in [0, 0.1) is 0 Å². The van der Waals surface area contributed by atoms with Crippen molar-refractivity contribution < 1.29 is 24.2 Å². The second-order valence-corrected chi connectivity index (χ2v) is 4.36. The van der Waals surface area contributed by atoms with Crippen molar-refractivity contribution in [2.24, 2.45) is 5.73 Å². The molecule has 0 aromatic rings. The van der Waals surface area contributed by atoms with Gasteiger partial charge in [0.15, 0.2) is 0 Å². The Kier molecular flexibility index (Phi) is 9.10. The lowest BCUT2D eigenvalue weighted by Gasteiger charge is -2.23. The first-order valence-electron chi connectivity index (χ1n) is 6.47. The summed E-state index contributed by atoms with van der Waals surface area (Å²) >= 11 is 0. The van der Waals surface area contributed by atoms with Crippen molar-refractivity contribution in [1.82, 2.24) is 10.2 Å². The van der Waals surface area contributed by atoms with E-state index in [0.29, 0.717) is 13.0 Å². The normalized spacial score (nSPS) is 11.7. The van der Waals surface area contributed by atoms with Gasteiger partial charge in [-0.2, -0.15) is 0 Å². The molecule has 0 aromatic heterocycles. The molecule has 3 amide bonds. The number of carbonyl (C=O) groups is 3. The monoisotopic (exact) mass is 289 g/mol. The Labute approximate surface area is 118 Å². The van der Waals surface area contributed by atoms with Crippen molar-refractivity contribution in [3.63, 3.8) is 0 Å². The number of amides is 3. The molecular formula is C12H23N3O5. The summed E-state index contributed by atoms with van der Waals surface area (Å²) in [5.41, 5.74) is 5.08. The van der Waals surface area contributed by atoms with E-state index in [9.17, 15) is 14.4 Å². The van der Waals surface area contributed by atoms with Crippen LogP contribution in [0.4, 0.5) is 4.79 Å². The third-order valence-corrected chi connectivity index (χ3v) is 2.62. The van der Waals surface area contributed by atoms with Crippen molar-refractivity contribution in [3.05, 3.63) is 0 Å². The van der Waals surface area contributed by atoms with E-state index in [1.54, 1.807) is 0 Å². The topological polar surface area (TPSA) is 122 Å². The standard InChI is InChI=1S/C12H23N3O5/c1-3-4-6-15(8-10(13)16)12(19)14-9(11(17)18)5-7-20-2/h9H,3-8H2,1-2H3,(H2,13,16)(H,14,19)(H,17,18). The molecular weight excluding hydrogens is 266 g/mol. The lowest BCUT2D eigenvalue weighted by atomic mass is 10.2. The number of methoxy groups -OCH3 is 1. The fourth-order valence-electron chi connectivity index (χ4n) is 1.52. The number of rotatable bonds is 10. The molecule has 0 saturated carbocycles. The first kappa shape index (κ1) is 18.2. The highest BCUT2D eigenvalue weighted by molar-refractivity contribution is 5.86. The van der Waals surface area contributed by atoms with Crippen LogP contribution in [-0.2, 0) is 14.3 Å². The maximum Gasteiger partial charge on any atom is 0.326 e. The van der Waals surface area contributed by atoms with Crippen molar-refractivity contribution in [2.75, 3.05) is 26.8 Å². The first-order valence-corrected chi connectivity index (χ1v) is 6.47. The van der Waals surface area contributed by atoms with Gasteiger partial charge in [-0.05, 0) is 6.42 Å². The van der Waals surface area contributed by atoms with E-state index >= 15 is 0 Å². The van der Waals surface area contributed by atoms with Crippen molar-refractivity contribution in [2.45, 2.75) is 32.2 Å². The molecule has 0 spiro atoms. The van der Waals surface area contributed by atoms with Crippen LogP contribution in [0.2, 0.25) is 0 Å². The van der Waals surface area contributed by atoms with E-state index < -0.39 is 23.9 Å². The zero-order valence-electron chi connectivity index (χ0n) is 11.9. The molecule has 1 atom stereocenters. The van der Waals surface area contributed by atoms with Gasteiger partial charge in [-0.25, -0.2) is 9.59 Å². The Bertz CT molecular complexity index is 335. The smallest absolute Gasteiger partial charge is 0.326 e.